The Labute approximate surface area is 118 Å². The quantitative estimate of drug-likeness (QED) is 0.847. The van der Waals surface area contributed by atoms with Crippen LogP contribution in [0.1, 0.15) is 67.2 Å². The third kappa shape index (κ3) is 4.79. The second-order valence-electron chi connectivity index (χ2n) is 8.06. The van der Waals surface area contributed by atoms with Crippen LogP contribution >= 0.6 is 0 Å². The average Bonchev–Trinajstić information content (AvgIpc) is 2.23. The Bertz CT molecular complexity index is 304. The number of carboxylic acid groups (broad SMARTS) is 1. The molecule has 112 valence electrons. The molecule has 1 N–H and O–H groups in total. The summed E-state index contributed by atoms with van der Waals surface area (Å²) in [7, 11) is 0. The largest absolute Gasteiger partial charge is 0.480 e. The van der Waals surface area contributed by atoms with Gasteiger partial charge in [-0.05, 0) is 57.8 Å². The average molecular weight is 269 g/mol. The van der Waals surface area contributed by atoms with Gasteiger partial charge in [0.15, 0.2) is 0 Å². The van der Waals surface area contributed by atoms with Gasteiger partial charge in [0.05, 0.1) is 6.54 Å². The molecule has 0 unspecified atom stereocenters. The first-order chi connectivity index (χ1) is 8.51. The van der Waals surface area contributed by atoms with Crippen molar-refractivity contribution < 1.29 is 9.90 Å². The van der Waals surface area contributed by atoms with E-state index in [1.807, 2.05) is 0 Å². The molecule has 3 nitrogen and oxygen atoms in total. The van der Waals surface area contributed by atoms with E-state index >= 15 is 0 Å². The van der Waals surface area contributed by atoms with E-state index in [0.29, 0.717) is 11.5 Å². The molecule has 0 aromatic rings. The van der Waals surface area contributed by atoms with Gasteiger partial charge < -0.3 is 5.11 Å². The van der Waals surface area contributed by atoms with E-state index in [2.05, 4.69) is 46.4 Å². The van der Waals surface area contributed by atoms with Gasteiger partial charge in [0, 0.05) is 11.6 Å². The fourth-order valence-corrected chi connectivity index (χ4v) is 3.31. The van der Waals surface area contributed by atoms with Crippen molar-refractivity contribution in [3.63, 3.8) is 0 Å². The van der Waals surface area contributed by atoms with Gasteiger partial charge in [0.2, 0.25) is 0 Å². The molecule has 0 radical (unpaired) electrons. The molecular weight excluding hydrogens is 238 g/mol. The van der Waals surface area contributed by atoms with Crippen LogP contribution in [0, 0.1) is 11.3 Å². The first-order valence-electron chi connectivity index (χ1n) is 7.50. The molecular formula is C16H31NO2. The minimum Gasteiger partial charge on any atom is -0.480 e. The molecule has 0 aliphatic heterocycles. The molecule has 19 heavy (non-hydrogen) atoms. The number of aliphatic carboxylic acids is 1. The summed E-state index contributed by atoms with van der Waals surface area (Å²) in [5, 5.41) is 9.12. The van der Waals surface area contributed by atoms with Crippen molar-refractivity contribution in [2.24, 2.45) is 11.3 Å². The van der Waals surface area contributed by atoms with E-state index in [1.165, 1.54) is 12.8 Å². The van der Waals surface area contributed by atoms with E-state index in [4.69, 9.17) is 5.11 Å². The normalized spacial score (nSPS) is 25.6. The zero-order chi connectivity index (χ0) is 14.8. The molecule has 0 amide bonds. The van der Waals surface area contributed by atoms with Crippen molar-refractivity contribution in [1.82, 2.24) is 4.90 Å². The van der Waals surface area contributed by atoms with Crippen LogP contribution in [0.4, 0.5) is 0 Å². The molecule has 1 saturated carbocycles. The van der Waals surface area contributed by atoms with Gasteiger partial charge in [-0.3, -0.25) is 9.69 Å². The van der Waals surface area contributed by atoms with E-state index in [1.54, 1.807) is 0 Å². The van der Waals surface area contributed by atoms with Crippen molar-refractivity contribution in [1.29, 1.82) is 0 Å². The third-order valence-electron chi connectivity index (χ3n) is 4.53. The monoisotopic (exact) mass is 269 g/mol. The summed E-state index contributed by atoms with van der Waals surface area (Å²) < 4.78 is 0. The number of rotatable bonds is 3. The van der Waals surface area contributed by atoms with Gasteiger partial charge in [-0.2, -0.15) is 0 Å². The maximum atomic E-state index is 11.1. The van der Waals surface area contributed by atoms with Gasteiger partial charge in [-0.25, -0.2) is 0 Å². The molecule has 0 saturated heterocycles. The van der Waals surface area contributed by atoms with Crippen LogP contribution < -0.4 is 0 Å². The number of carboxylic acids is 1. The Morgan fingerprint density at radius 1 is 1.05 bits per heavy atom. The zero-order valence-corrected chi connectivity index (χ0v) is 13.5. The van der Waals surface area contributed by atoms with E-state index in [9.17, 15) is 4.79 Å². The van der Waals surface area contributed by atoms with Crippen molar-refractivity contribution in [2.75, 3.05) is 6.54 Å². The molecule has 0 bridgehead atoms. The number of carbonyl (C=O) groups is 1. The van der Waals surface area contributed by atoms with Crippen molar-refractivity contribution in [2.45, 2.75) is 78.8 Å². The van der Waals surface area contributed by atoms with Crippen LogP contribution in [-0.2, 0) is 4.79 Å². The second-order valence-corrected chi connectivity index (χ2v) is 8.06. The summed E-state index contributed by atoms with van der Waals surface area (Å²) in [6.07, 6.45) is 4.71. The predicted octanol–water partition coefficient (Wildman–Crippen LogP) is 3.78. The highest BCUT2D eigenvalue weighted by Crippen LogP contribution is 2.40. The van der Waals surface area contributed by atoms with Crippen LogP contribution in [-0.4, -0.2) is 34.1 Å². The summed E-state index contributed by atoms with van der Waals surface area (Å²) in [5.41, 5.74) is 0.307. The van der Waals surface area contributed by atoms with E-state index in [-0.39, 0.29) is 12.1 Å². The fourth-order valence-electron chi connectivity index (χ4n) is 3.31. The van der Waals surface area contributed by atoms with Crippen LogP contribution in [0.3, 0.4) is 0 Å². The number of hydrogen-bond acceptors (Lipinski definition) is 2. The molecule has 0 heterocycles. The van der Waals surface area contributed by atoms with Gasteiger partial charge in [0.25, 0.3) is 0 Å². The standard InChI is InChI=1S/C16H31NO2/c1-15(2,3)12-7-9-13(10-8-12)17(11-14(18)19)16(4,5)6/h12-13H,7-11H2,1-6H3,(H,18,19). The van der Waals surface area contributed by atoms with Crippen LogP contribution in [0.25, 0.3) is 0 Å². The molecule has 0 atom stereocenters. The molecule has 1 aliphatic carbocycles. The van der Waals surface area contributed by atoms with Gasteiger partial charge in [-0.15, -0.1) is 0 Å². The minimum absolute atomic E-state index is 0.0718. The smallest absolute Gasteiger partial charge is 0.317 e. The van der Waals surface area contributed by atoms with E-state index in [0.717, 1.165) is 18.8 Å². The lowest BCUT2D eigenvalue weighted by Crippen LogP contribution is -2.52. The van der Waals surface area contributed by atoms with E-state index < -0.39 is 5.97 Å². The molecule has 3 heteroatoms. The SMILES string of the molecule is CC(C)(C)C1CCC(N(CC(=O)O)C(C)(C)C)CC1. The maximum absolute atomic E-state index is 11.1. The Morgan fingerprint density at radius 2 is 1.53 bits per heavy atom. The molecule has 1 fully saturated rings. The highest BCUT2D eigenvalue weighted by atomic mass is 16.4. The number of nitrogens with zero attached hydrogens (tertiary/aromatic N) is 1. The summed E-state index contributed by atoms with van der Waals surface area (Å²) in [6.45, 7) is 13.5. The summed E-state index contributed by atoms with van der Waals surface area (Å²) in [6, 6.07) is 0.426. The molecule has 0 aromatic carbocycles. The summed E-state index contributed by atoms with van der Waals surface area (Å²) in [5.74, 6) is 0.0586. The lowest BCUT2D eigenvalue weighted by molar-refractivity contribution is -0.141. The van der Waals surface area contributed by atoms with Crippen LogP contribution in [0.2, 0.25) is 0 Å². The highest BCUT2D eigenvalue weighted by Gasteiger charge is 2.36. The minimum atomic E-state index is -0.715. The molecule has 1 rings (SSSR count). The lowest BCUT2D eigenvalue weighted by atomic mass is 9.71. The third-order valence-corrected chi connectivity index (χ3v) is 4.53. The number of hydrogen-bond donors (Lipinski definition) is 1. The van der Waals surface area contributed by atoms with Gasteiger partial charge >= 0.3 is 5.97 Å². The Balaban J connectivity index is 2.67. The first kappa shape index (κ1) is 16.5. The fraction of sp³-hybridized carbons (Fsp3) is 0.938. The van der Waals surface area contributed by atoms with Crippen LogP contribution in [0.15, 0.2) is 0 Å². The summed E-state index contributed by atoms with van der Waals surface area (Å²) in [4.78, 5) is 13.3. The Kier molecular flexibility index (Phi) is 5.05. The second kappa shape index (κ2) is 5.82. The van der Waals surface area contributed by atoms with Crippen LogP contribution in [0.5, 0.6) is 0 Å². The maximum Gasteiger partial charge on any atom is 0.317 e. The van der Waals surface area contributed by atoms with Crippen molar-refractivity contribution in [3.8, 4) is 0 Å². The van der Waals surface area contributed by atoms with Gasteiger partial charge in [0.1, 0.15) is 0 Å². The lowest BCUT2D eigenvalue weighted by Gasteiger charge is -2.45. The topological polar surface area (TPSA) is 40.5 Å². The molecule has 0 spiro atoms. The Hall–Kier alpha value is -0.570. The predicted molar refractivity (Wildman–Crippen MR) is 79.3 cm³/mol. The van der Waals surface area contributed by atoms with Gasteiger partial charge in [-0.1, -0.05) is 20.8 Å². The highest BCUT2D eigenvalue weighted by molar-refractivity contribution is 5.69. The molecule has 1 aliphatic rings. The zero-order valence-electron chi connectivity index (χ0n) is 13.5. The first-order valence-corrected chi connectivity index (χ1v) is 7.50. The molecule has 0 aromatic heterocycles. The summed E-state index contributed by atoms with van der Waals surface area (Å²) >= 11 is 0. The Morgan fingerprint density at radius 3 is 1.84 bits per heavy atom. The van der Waals surface area contributed by atoms with Crippen molar-refractivity contribution in [3.05, 3.63) is 0 Å². The van der Waals surface area contributed by atoms with Crippen molar-refractivity contribution >= 4 is 5.97 Å².